The average molecular weight is 783 g/mol. The summed E-state index contributed by atoms with van der Waals surface area (Å²) in [6.45, 7) is 1.14. The molecule has 270 valence electrons. The molecule has 1 aliphatic heterocycles. The molecule has 0 unspecified atom stereocenters. The van der Waals surface area contributed by atoms with Crippen molar-refractivity contribution in [1.82, 2.24) is 19.9 Å². The Morgan fingerprint density at radius 3 is 2.34 bits per heavy atom. The largest absolute Gasteiger partial charge is 0.458 e. The van der Waals surface area contributed by atoms with Crippen molar-refractivity contribution in [2.75, 3.05) is 23.7 Å². The number of nitro groups is 1. The Morgan fingerprint density at radius 2 is 1.76 bits per heavy atom. The van der Waals surface area contributed by atoms with E-state index in [0.717, 1.165) is 11.3 Å². The van der Waals surface area contributed by atoms with Gasteiger partial charge in [0.05, 0.1) is 4.92 Å². The van der Waals surface area contributed by atoms with Gasteiger partial charge in [-0.3, -0.25) is 39.2 Å². The van der Waals surface area contributed by atoms with Gasteiger partial charge >= 0.3 is 22.4 Å². The first-order valence-corrected chi connectivity index (χ1v) is 16.8. The molecule has 50 heavy (non-hydrogen) atoms. The highest BCUT2D eigenvalue weighted by Crippen LogP contribution is 2.25. The van der Waals surface area contributed by atoms with Gasteiger partial charge in [-0.1, -0.05) is 5.16 Å². The van der Waals surface area contributed by atoms with Crippen LogP contribution in [0.2, 0.25) is 0 Å². The lowest BCUT2D eigenvalue weighted by Gasteiger charge is -2.43. The van der Waals surface area contributed by atoms with Gasteiger partial charge in [0.1, 0.15) is 42.8 Å². The number of non-ortho nitro benzene ring substituents is 1. The van der Waals surface area contributed by atoms with E-state index in [9.17, 15) is 51.9 Å². The molecule has 0 radical (unpaired) electrons. The second-order valence-electron chi connectivity index (χ2n) is 10.2. The van der Waals surface area contributed by atoms with E-state index in [1.165, 1.54) is 43.5 Å². The lowest BCUT2D eigenvalue weighted by Crippen LogP contribution is -2.73. The molecule has 0 bridgehead atoms. The molecule has 0 saturated carbocycles. The molecule has 0 aliphatic carbocycles. The summed E-state index contributed by atoms with van der Waals surface area (Å²) >= 11 is 11.6. The molecule has 21 nitrogen and oxygen atoms in total. The molecule has 2 atom stereocenters. The fourth-order valence-electron chi connectivity index (χ4n) is 3.71. The summed E-state index contributed by atoms with van der Waals surface area (Å²) in [4.78, 5) is 93.6. The quantitative estimate of drug-likeness (QED) is 0.0363. The van der Waals surface area contributed by atoms with Gasteiger partial charge in [-0.2, -0.15) is 8.42 Å². The van der Waals surface area contributed by atoms with Crippen LogP contribution in [0, 0.1) is 10.1 Å². The summed E-state index contributed by atoms with van der Waals surface area (Å²) in [6.07, 6.45) is -1.39. The molecule has 25 heteroatoms. The minimum absolute atomic E-state index is 0.0611. The first kappa shape index (κ1) is 39.5. The summed E-state index contributed by atoms with van der Waals surface area (Å²) < 4.78 is 43.0. The first-order valence-electron chi connectivity index (χ1n) is 13.5. The highest BCUT2D eigenvalue weighted by Gasteiger charge is 2.55. The van der Waals surface area contributed by atoms with E-state index < -0.39 is 92.7 Å². The maximum atomic E-state index is 13.5. The first-order chi connectivity index (χ1) is 23.4. The number of benzene rings is 1. The molecule has 0 spiro atoms. The SMILES string of the molecule is CC(C)(O/N=C(\C(=O)N[C@H]1C(=O)N(S(=O)(=O)O)[C@H]1COC(=O)NC(=O)CCl)c1csc(NC(=O)CCl)n1)C(=O)OCc1ccc([N+](=O)[O-])cc1. The highest BCUT2D eigenvalue weighted by molar-refractivity contribution is 7.84. The van der Waals surface area contributed by atoms with Crippen molar-refractivity contribution >= 4 is 97.1 Å². The number of β-lactam (4-membered cyclic amide) rings is 1. The van der Waals surface area contributed by atoms with Crippen LogP contribution in [0.1, 0.15) is 25.1 Å². The maximum Gasteiger partial charge on any atom is 0.413 e. The standard InChI is InChI=1S/C25H25Cl2N7O14S2/c1-25(2,22(39)46-9-12-3-5-13(6-4-12)34(41)42)48-32-18(14-11-49-23(28-14)29-16(35)7-26)20(37)31-19-15(33(21(19)38)50(43,44)45)10-47-24(40)30-17(36)8-27/h3-6,11,15,19H,7-10H2,1-2H3,(H,31,37)(H,28,29,35)(H,30,36,40)(H,43,44,45)/b32-18-/t15-,19+/m0/s1. The van der Waals surface area contributed by atoms with Crippen LogP contribution in [0.3, 0.4) is 0 Å². The number of amides is 5. The van der Waals surface area contributed by atoms with E-state index >= 15 is 0 Å². The van der Waals surface area contributed by atoms with Crippen molar-refractivity contribution in [3.63, 3.8) is 0 Å². The second-order valence-corrected chi connectivity index (χ2v) is 12.9. The number of thiazole rings is 1. The number of nitrogens with zero attached hydrogens (tertiary/aromatic N) is 4. The van der Waals surface area contributed by atoms with Crippen LogP contribution in [0.4, 0.5) is 15.6 Å². The summed E-state index contributed by atoms with van der Waals surface area (Å²) in [5, 5.41) is 21.9. The molecule has 2 aromatic rings. The third kappa shape index (κ3) is 10.3. The van der Waals surface area contributed by atoms with Gasteiger partial charge < -0.3 is 24.9 Å². The van der Waals surface area contributed by atoms with Crippen LogP contribution in [0.5, 0.6) is 0 Å². The minimum atomic E-state index is -5.23. The number of aromatic nitrogens is 1. The number of esters is 1. The van der Waals surface area contributed by atoms with Crippen molar-refractivity contribution in [2.24, 2.45) is 5.16 Å². The Bertz CT molecular complexity index is 1820. The van der Waals surface area contributed by atoms with Gasteiger partial charge in [-0.15, -0.1) is 34.5 Å². The molecule has 3 rings (SSSR count). The lowest BCUT2D eigenvalue weighted by atomic mass is 9.99. The maximum absolute atomic E-state index is 13.5. The van der Waals surface area contributed by atoms with Crippen molar-refractivity contribution in [1.29, 1.82) is 0 Å². The van der Waals surface area contributed by atoms with Crippen LogP contribution < -0.4 is 16.0 Å². The molecule has 1 aliphatic rings. The van der Waals surface area contributed by atoms with Gasteiger partial charge in [0, 0.05) is 17.5 Å². The number of nitrogens with one attached hydrogen (secondary N) is 3. The number of imide groups is 1. The van der Waals surface area contributed by atoms with Gasteiger partial charge in [-0.05, 0) is 31.5 Å². The fraction of sp³-hybridized carbons (Fsp3) is 0.360. The smallest absolute Gasteiger partial charge is 0.413 e. The van der Waals surface area contributed by atoms with Crippen LogP contribution in [0.15, 0.2) is 34.8 Å². The average Bonchev–Trinajstić information content (AvgIpc) is 3.51. The summed E-state index contributed by atoms with van der Waals surface area (Å²) in [7, 11) is -5.23. The Hall–Kier alpha value is -4.97. The number of alkyl halides is 2. The van der Waals surface area contributed by atoms with E-state index in [1.807, 2.05) is 0 Å². The van der Waals surface area contributed by atoms with E-state index in [2.05, 4.69) is 20.8 Å². The highest BCUT2D eigenvalue weighted by atomic mass is 35.5. The molecule has 2 heterocycles. The van der Waals surface area contributed by atoms with Gasteiger partial charge in [0.15, 0.2) is 10.8 Å². The third-order valence-corrected chi connectivity index (χ3v) is 8.35. The Balaban J connectivity index is 1.84. The van der Waals surface area contributed by atoms with Gasteiger partial charge in [0.25, 0.3) is 17.5 Å². The molecule has 1 fully saturated rings. The number of alkyl carbamates (subject to hydrolysis) is 1. The normalized spacial score (nSPS) is 16.1. The number of halogens is 2. The number of ether oxygens (including phenoxy) is 2. The zero-order valence-corrected chi connectivity index (χ0v) is 28.6. The Morgan fingerprint density at radius 1 is 1.12 bits per heavy atom. The molecule has 5 amide bonds. The second kappa shape index (κ2) is 16.6. The Kier molecular flexibility index (Phi) is 13.1. The third-order valence-electron chi connectivity index (χ3n) is 6.16. The lowest BCUT2D eigenvalue weighted by molar-refractivity contribution is -0.384. The zero-order valence-electron chi connectivity index (χ0n) is 25.5. The fourth-order valence-corrected chi connectivity index (χ4v) is 5.42. The molecule has 1 saturated heterocycles. The van der Waals surface area contributed by atoms with E-state index in [4.69, 9.17) is 37.5 Å². The monoisotopic (exact) mass is 781 g/mol. The van der Waals surface area contributed by atoms with E-state index in [0.29, 0.717) is 5.56 Å². The van der Waals surface area contributed by atoms with E-state index in [1.54, 1.807) is 5.32 Å². The van der Waals surface area contributed by atoms with E-state index in [-0.39, 0.29) is 27.4 Å². The predicted octanol–water partition coefficient (Wildman–Crippen LogP) is 0.461. The molecule has 1 aromatic carbocycles. The number of rotatable bonds is 15. The van der Waals surface area contributed by atoms with Crippen molar-refractivity contribution in [3.8, 4) is 0 Å². The van der Waals surface area contributed by atoms with Crippen LogP contribution in [0.25, 0.3) is 0 Å². The molecule has 4 N–H and O–H groups in total. The molecular weight excluding hydrogens is 757 g/mol. The molecular formula is C25H25Cl2N7O14S2. The Labute approximate surface area is 295 Å². The number of hydrogen-bond acceptors (Lipinski definition) is 16. The number of nitro benzene ring substituents is 1. The van der Waals surface area contributed by atoms with Crippen molar-refractivity contribution in [2.45, 2.75) is 38.1 Å². The van der Waals surface area contributed by atoms with Crippen LogP contribution in [-0.2, 0) is 55.2 Å². The van der Waals surface area contributed by atoms with Gasteiger partial charge in [-0.25, -0.2) is 18.9 Å². The number of hydrogen-bond donors (Lipinski definition) is 4. The van der Waals surface area contributed by atoms with Crippen LogP contribution >= 0.6 is 34.5 Å². The van der Waals surface area contributed by atoms with Gasteiger partial charge in [0.2, 0.25) is 17.4 Å². The predicted molar refractivity (Wildman–Crippen MR) is 170 cm³/mol. The zero-order chi connectivity index (χ0) is 37.4. The topological polar surface area (TPSA) is 292 Å². The number of anilines is 1. The summed E-state index contributed by atoms with van der Waals surface area (Å²) in [5.74, 6) is -6.33. The van der Waals surface area contributed by atoms with Crippen molar-refractivity contribution < 1.29 is 61.0 Å². The van der Waals surface area contributed by atoms with Crippen molar-refractivity contribution in [3.05, 3.63) is 51.0 Å². The number of carbonyl (C=O) groups excluding carboxylic acids is 6. The summed E-state index contributed by atoms with van der Waals surface area (Å²) in [6, 6.07) is 1.62. The summed E-state index contributed by atoms with van der Waals surface area (Å²) in [5.41, 5.74) is -2.70. The number of carbonyl (C=O) groups is 6. The molecule has 1 aromatic heterocycles. The number of oxime groups is 1. The van der Waals surface area contributed by atoms with Crippen LogP contribution in [-0.4, -0.2) is 105 Å². The minimum Gasteiger partial charge on any atom is -0.458 e.